The molecule has 0 aromatic heterocycles. The number of nitrogens with one attached hydrogen (secondary N) is 2. The van der Waals surface area contributed by atoms with Crippen LogP contribution in [0.15, 0.2) is 43.0 Å². The lowest BCUT2D eigenvalue weighted by molar-refractivity contribution is -0.142. The number of carbonyl (C=O) groups excluding carboxylic acids is 5. The van der Waals surface area contributed by atoms with Crippen LogP contribution in [-0.2, 0) is 47.0 Å². The number of Topliss-reactive ketones (excluding diaryl/α,β-unsaturated/α-hetero) is 1. The first-order valence-corrected chi connectivity index (χ1v) is 20.0. The normalized spacial score (nSPS) is 29.0. The number of fused-ring (bicyclic) bond motifs is 3. The van der Waals surface area contributed by atoms with Crippen LogP contribution in [0.4, 0.5) is 9.59 Å². The molecular formula is C38H50N4O10S. The van der Waals surface area contributed by atoms with Gasteiger partial charge in [0.15, 0.2) is 5.78 Å². The summed E-state index contributed by atoms with van der Waals surface area (Å²) in [6, 6.07) is 3.44. The zero-order valence-electron chi connectivity index (χ0n) is 30.6. The molecule has 0 spiro atoms. The highest BCUT2D eigenvalue weighted by molar-refractivity contribution is 7.90. The van der Waals surface area contributed by atoms with Gasteiger partial charge in [0.05, 0.1) is 43.0 Å². The van der Waals surface area contributed by atoms with Gasteiger partial charge in [0.25, 0.3) is 0 Å². The number of amides is 4. The van der Waals surface area contributed by atoms with Gasteiger partial charge in [0, 0.05) is 24.9 Å². The van der Waals surface area contributed by atoms with Crippen molar-refractivity contribution in [2.75, 3.05) is 19.8 Å². The highest BCUT2D eigenvalue weighted by Gasteiger charge is 2.61. The van der Waals surface area contributed by atoms with Crippen molar-refractivity contribution in [3.05, 3.63) is 54.1 Å². The lowest BCUT2D eigenvalue weighted by atomic mass is 9.85. The van der Waals surface area contributed by atoms with Crippen LogP contribution in [0.3, 0.4) is 0 Å². The Hall–Kier alpha value is -4.40. The zero-order valence-corrected chi connectivity index (χ0v) is 31.5. The maximum Gasteiger partial charge on any atom is 0.410 e. The van der Waals surface area contributed by atoms with Crippen LogP contribution in [0.2, 0.25) is 0 Å². The van der Waals surface area contributed by atoms with Gasteiger partial charge in [-0.1, -0.05) is 51.1 Å². The molecule has 4 amide bonds. The molecule has 6 rings (SSSR count). The van der Waals surface area contributed by atoms with E-state index >= 15 is 0 Å². The van der Waals surface area contributed by atoms with E-state index in [4.69, 9.17) is 14.2 Å². The van der Waals surface area contributed by atoms with Gasteiger partial charge in [-0.3, -0.25) is 24.0 Å². The molecule has 15 heteroatoms. The Morgan fingerprint density at radius 2 is 1.83 bits per heavy atom. The van der Waals surface area contributed by atoms with Crippen molar-refractivity contribution in [1.29, 1.82) is 0 Å². The number of hydrogen-bond acceptors (Lipinski definition) is 10. The number of nitrogens with zero attached hydrogens (tertiary/aromatic N) is 2. The van der Waals surface area contributed by atoms with Gasteiger partial charge >= 0.3 is 12.2 Å². The molecule has 0 radical (unpaired) electrons. The first kappa shape index (κ1) is 38.3. The van der Waals surface area contributed by atoms with Gasteiger partial charge in [-0.15, -0.1) is 6.58 Å². The topological polar surface area (TPSA) is 178 Å². The third-order valence-electron chi connectivity index (χ3n) is 10.8. The number of ketones is 1. The molecule has 53 heavy (non-hydrogen) atoms. The van der Waals surface area contributed by atoms with E-state index < -0.39 is 80.0 Å². The summed E-state index contributed by atoms with van der Waals surface area (Å²) in [6.07, 6.45) is 5.91. The van der Waals surface area contributed by atoms with E-state index in [2.05, 4.69) is 16.6 Å². The second-order valence-corrected chi connectivity index (χ2v) is 17.8. The number of rotatable bonds is 7. The number of hydrogen-bond donors (Lipinski definition) is 2. The molecule has 1 aromatic rings. The fourth-order valence-corrected chi connectivity index (χ4v) is 8.81. The van der Waals surface area contributed by atoms with Gasteiger partial charge in [-0.05, 0) is 61.5 Å². The highest BCUT2D eigenvalue weighted by Crippen LogP contribution is 2.57. The Kier molecular flexibility index (Phi) is 11.0. The standard InChI is InChI=1S/C38H50N4O10S/c1-5-25-19-38(25,34(45)40-53(48,49)27-14-15-27)20-30(43)29-18-26-22-42(29)33(44)32(37(2,3)4)39-35(46)51-17-10-8-6-7-9-16-50-31-13-11-12-24-21-41(23-28(24)31)36(47)52-26/h5-7,11-13,25-27,29,32H,1,8-10,14-23H2,2-4H3,(H,39,46)(H,40,45)/b7-6+/t25-,26+,29?,32+,38-/m0/s1. The summed E-state index contributed by atoms with van der Waals surface area (Å²) in [4.78, 5) is 71.7. The van der Waals surface area contributed by atoms with Gasteiger partial charge in [-0.2, -0.15) is 0 Å². The monoisotopic (exact) mass is 754 g/mol. The number of alkyl carbamates (subject to hydrolysis) is 1. The van der Waals surface area contributed by atoms with Crippen molar-refractivity contribution in [2.24, 2.45) is 16.7 Å². The molecule has 1 aromatic carbocycles. The Morgan fingerprint density at radius 3 is 2.53 bits per heavy atom. The molecule has 3 heterocycles. The number of sulfonamides is 1. The summed E-state index contributed by atoms with van der Waals surface area (Å²) >= 11 is 0. The Bertz CT molecular complexity index is 1780. The van der Waals surface area contributed by atoms with E-state index in [9.17, 15) is 32.4 Å². The summed E-state index contributed by atoms with van der Waals surface area (Å²) in [5.74, 6) is -1.57. The minimum absolute atomic E-state index is 0.0450. The van der Waals surface area contributed by atoms with Crippen molar-refractivity contribution >= 4 is 39.8 Å². The first-order valence-electron chi connectivity index (χ1n) is 18.4. The number of carbonyl (C=O) groups is 5. The van der Waals surface area contributed by atoms with E-state index in [1.54, 1.807) is 25.7 Å². The average molecular weight is 755 g/mol. The molecule has 5 atom stereocenters. The van der Waals surface area contributed by atoms with Crippen molar-refractivity contribution in [3.63, 3.8) is 0 Å². The molecule has 1 saturated heterocycles. The van der Waals surface area contributed by atoms with Crippen LogP contribution in [0, 0.1) is 16.7 Å². The van der Waals surface area contributed by atoms with Gasteiger partial charge < -0.3 is 24.4 Å². The molecular weight excluding hydrogens is 705 g/mol. The Balaban J connectivity index is 1.26. The van der Waals surface area contributed by atoms with Crippen molar-refractivity contribution < 1.29 is 46.6 Å². The summed E-state index contributed by atoms with van der Waals surface area (Å²) in [5, 5.41) is 2.07. The van der Waals surface area contributed by atoms with Crippen molar-refractivity contribution in [3.8, 4) is 5.75 Å². The predicted octanol–water partition coefficient (Wildman–Crippen LogP) is 4.13. The lowest BCUT2D eigenvalue weighted by Crippen LogP contribution is -2.57. The second kappa shape index (κ2) is 15.2. The summed E-state index contributed by atoms with van der Waals surface area (Å²) < 4.78 is 45.0. The minimum Gasteiger partial charge on any atom is -0.493 e. The van der Waals surface area contributed by atoms with Crippen LogP contribution in [-0.4, -0.2) is 91.2 Å². The number of cyclic esters (lactones) is 1. The van der Waals surface area contributed by atoms with E-state index in [1.807, 2.05) is 30.4 Å². The van der Waals surface area contributed by atoms with Gasteiger partial charge in [-0.25, -0.2) is 18.0 Å². The summed E-state index contributed by atoms with van der Waals surface area (Å²) in [5.41, 5.74) is -0.338. The molecule has 4 bridgehead atoms. The van der Waals surface area contributed by atoms with Gasteiger partial charge in [0.1, 0.15) is 17.9 Å². The molecule has 288 valence electrons. The predicted molar refractivity (Wildman–Crippen MR) is 193 cm³/mol. The zero-order chi connectivity index (χ0) is 38.1. The smallest absolute Gasteiger partial charge is 0.410 e. The highest BCUT2D eigenvalue weighted by atomic mass is 32.2. The lowest BCUT2D eigenvalue weighted by Gasteiger charge is -2.35. The third-order valence-corrected chi connectivity index (χ3v) is 12.6. The molecule has 2 N–H and O–H groups in total. The third kappa shape index (κ3) is 8.55. The fourth-order valence-electron chi connectivity index (χ4n) is 7.43. The molecule has 2 saturated carbocycles. The van der Waals surface area contributed by atoms with Crippen LogP contribution >= 0.6 is 0 Å². The van der Waals surface area contributed by atoms with E-state index in [0.717, 1.165) is 11.1 Å². The molecule has 14 nitrogen and oxygen atoms in total. The second-order valence-electron chi connectivity index (χ2n) is 15.8. The molecule has 1 unspecified atom stereocenters. The molecule has 3 aliphatic heterocycles. The first-order chi connectivity index (χ1) is 25.1. The fraction of sp³-hybridized carbons (Fsp3) is 0.605. The van der Waals surface area contributed by atoms with Crippen LogP contribution < -0.4 is 14.8 Å². The molecule has 2 aliphatic carbocycles. The Labute approximate surface area is 310 Å². The van der Waals surface area contributed by atoms with Crippen molar-refractivity contribution in [2.45, 2.75) is 109 Å². The van der Waals surface area contributed by atoms with Crippen LogP contribution in [0.25, 0.3) is 0 Å². The van der Waals surface area contributed by atoms with E-state index in [-0.39, 0.29) is 39.0 Å². The van der Waals surface area contributed by atoms with E-state index in [0.29, 0.717) is 51.0 Å². The average Bonchev–Trinajstić information content (AvgIpc) is 3.99. The minimum atomic E-state index is -3.88. The van der Waals surface area contributed by atoms with Crippen LogP contribution in [0.5, 0.6) is 5.75 Å². The SMILES string of the molecule is C=C[C@H]1C[C@@]1(CC(=O)C1C[C@@H]2CN1C(=O)[C@H](C(C)(C)C)NC(=O)OCCC/C=C/CCOc1cccc3c1CN(C3)C(=O)O2)C(=O)NS(=O)(=O)C1CC1. The maximum atomic E-state index is 14.4. The van der Waals surface area contributed by atoms with Gasteiger partial charge in [0.2, 0.25) is 21.8 Å². The van der Waals surface area contributed by atoms with Crippen molar-refractivity contribution in [1.82, 2.24) is 19.8 Å². The molecule has 5 aliphatic rings. The molecule has 3 fully saturated rings. The number of ether oxygens (including phenoxy) is 3. The van der Waals surface area contributed by atoms with Crippen LogP contribution in [0.1, 0.15) is 83.3 Å². The largest absolute Gasteiger partial charge is 0.493 e. The number of allylic oxidation sites excluding steroid dienone is 2. The maximum absolute atomic E-state index is 14.4. The summed E-state index contributed by atoms with van der Waals surface area (Å²) in [6.45, 7) is 10.1. The van der Waals surface area contributed by atoms with E-state index in [1.165, 1.54) is 11.0 Å². The number of benzene rings is 1. The Morgan fingerprint density at radius 1 is 1.08 bits per heavy atom. The summed E-state index contributed by atoms with van der Waals surface area (Å²) in [7, 11) is -3.88. The quantitative estimate of drug-likeness (QED) is 0.385.